The third-order valence-electron chi connectivity index (χ3n) is 3.02. The molecule has 0 unspecified atom stereocenters. The Labute approximate surface area is 114 Å². The van der Waals surface area contributed by atoms with Crippen molar-refractivity contribution in [2.24, 2.45) is 5.73 Å². The molecule has 0 aliphatic carbocycles. The van der Waals surface area contributed by atoms with Crippen molar-refractivity contribution in [2.45, 2.75) is 38.6 Å². The van der Waals surface area contributed by atoms with Crippen LogP contribution in [-0.2, 0) is 14.3 Å². The first-order chi connectivity index (χ1) is 8.88. The standard InChI is InChI=1S/C13H25N3O3/c1-13(2,14)5-3-11(17)15-6-4-12(18)16-7-9-19-10-8-16/h3-10,14H2,1-2H3,(H,15,17). The SMILES string of the molecule is CC(C)(N)CCC(=O)NCCC(=O)N1CCOCC1. The van der Waals surface area contributed by atoms with E-state index in [1.54, 1.807) is 4.90 Å². The fourth-order valence-corrected chi connectivity index (χ4v) is 1.80. The van der Waals surface area contributed by atoms with Crippen molar-refractivity contribution in [2.75, 3.05) is 32.8 Å². The summed E-state index contributed by atoms with van der Waals surface area (Å²) in [4.78, 5) is 25.1. The van der Waals surface area contributed by atoms with E-state index in [9.17, 15) is 9.59 Å². The highest BCUT2D eigenvalue weighted by Gasteiger charge is 2.17. The third-order valence-corrected chi connectivity index (χ3v) is 3.02. The van der Waals surface area contributed by atoms with Crippen molar-refractivity contribution < 1.29 is 14.3 Å². The highest BCUT2D eigenvalue weighted by atomic mass is 16.5. The monoisotopic (exact) mass is 271 g/mol. The molecule has 0 spiro atoms. The molecule has 1 heterocycles. The minimum atomic E-state index is -0.332. The predicted molar refractivity (Wildman–Crippen MR) is 72.5 cm³/mol. The van der Waals surface area contributed by atoms with Gasteiger partial charge in [-0.3, -0.25) is 9.59 Å². The quantitative estimate of drug-likeness (QED) is 0.705. The fraction of sp³-hybridized carbons (Fsp3) is 0.846. The maximum atomic E-state index is 11.8. The van der Waals surface area contributed by atoms with Crippen molar-refractivity contribution in [1.29, 1.82) is 0 Å². The molecule has 1 fully saturated rings. The Bertz CT molecular complexity index is 307. The predicted octanol–water partition coefficient (Wildman–Crippen LogP) is -0.131. The Kier molecular flexibility index (Phi) is 6.24. The Hall–Kier alpha value is -1.14. The van der Waals surface area contributed by atoms with Gasteiger partial charge in [0.15, 0.2) is 0 Å². The first-order valence-corrected chi connectivity index (χ1v) is 6.79. The van der Waals surface area contributed by atoms with Crippen molar-refractivity contribution in [3.8, 4) is 0 Å². The molecular weight excluding hydrogens is 246 g/mol. The molecule has 1 aliphatic rings. The van der Waals surface area contributed by atoms with Gasteiger partial charge in [0.25, 0.3) is 0 Å². The Morgan fingerprint density at radius 2 is 1.89 bits per heavy atom. The molecule has 19 heavy (non-hydrogen) atoms. The number of morpholine rings is 1. The van der Waals surface area contributed by atoms with E-state index in [1.807, 2.05) is 13.8 Å². The van der Waals surface area contributed by atoms with Gasteiger partial charge in [-0.1, -0.05) is 0 Å². The molecule has 0 atom stereocenters. The van der Waals surface area contributed by atoms with E-state index in [2.05, 4.69) is 5.32 Å². The molecule has 6 heteroatoms. The molecule has 0 radical (unpaired) electrons. The zero-order chi connectivity index (χ0) is 14.3. The molecule has 2 amide bonds. The molecule has 0 aromatic heterocycles. The third kappa shape index (κ3) is 7.12. The van der Waals surface area contributed by atoms with Crippen LogP contribution in [0.25, 0.3) is 0 Å². The van der Waals surface area contributed by atoms with Crippen LogP contribution < -0.4 is 11.1 Å². The second-order valence-corrected chi connectivity index (χ2v) is 5.58. The van der Waals surface area contributed by atoms with Crippen LogP contribution in [0.3, 0.4) is 0 Å². The van der Waals surface area contributed by atoms with Gasteiger partial charge in [-0.05, 0) is 20.3 Å². The fourth-order valence-electron chi connectivity index (χ4n) is 1.80. The summed E-state index contributed by atoms with van der Waals surface area (Å²) in [6.45, 7) is 6.67. The first-order valence-electron chi connectivity index (χ1n) is 6.79. The molecule has 0 bridgehead atoms. The average molecular weight is 271 g/mol. The van der Waals surface area contributed by atoms with Gasteiger partial charge in [-0.15, -0.1) is 0 Å². The number of nitrogens with zero attached hydrogens (tertiary/aromatic N) is 1. The lowest BCUT2D eigenvalue weighted by Crippen LogP contribution is -2.42. The van der Waals surface area contributed by atoms with Crippen LogP contribution in [0.2, 0.25) is 0 Å². The summed E-state index contributed by atoms with van der Waals surface area (Å²) in [5.41, 5.74) is 5.47. The topological polar surface area (TPSA) is 84.7 Å². The van der Waals surface area contributed by atoms with Gasteiger partial charge in [0.05, 0.1) is 13.2 Å². The smallest absolute Gasteiger partial charge is 0.224 e. The summed E-state index contributed by atoms with van der Waals surface area (Å²) in [6, 6.07) is 0. The summed E-state index contributed by atoms with van der Waals surface area (Å²) in [5.74, 6) is 0.0241. The summed E-state index contributed by atoms with van der Waals surface area (Å²) >= 11 is 0. The van der Waals surface area contributed by atoms with E-state index in [0.29, 0.717) is 52.1 Å². The van der Waals surface area contributed by atoms with Crippen LogP contribution >= 0.6 is 0 Å². The lowest BCUT2D eigenvalue weighted by atomic mass is 10.00. The molecule has 1 aliphatic heterocycles. The second-order valence-electron chi connectivity index (χ2n) is 5.58. The molecule has 6 nitrogen and oxygen atoms in total. The zero-order valence-corrected chi connectivity index (χ0v) is 11.9. The van der Waals surface area contributed by atoms with Gasteiger partial charge < -0.3 is 20.7 Å². The Morgan fingerprint density at radius 1 is 1.26 bits per heavy atom. The number of carbonyl (C=O) groups excluding carboxylic acids is 2. The van der Waals surface area contributed by atoms with Gasteiger partial charge >= 0.3 is 0 Å². The van der Waals surface area contributed by atoms with Crippen molar-refractivity contribution in [1.82, 2.24) is 10.2 Å². The molecule has 0 saturated carbocycles. The van der Waals surface area contributed by atoms with Gasteiger partial charge in [0, 0.05) is 38.0 Å². The summed E-state index contributed by atoms with van der Waals surface area (Å²) in [5, 5.41) is 2.75. The minimum Gasteiger partial charge on any atom is -0.378 e. The van der Waals surface area contributed by atoms with Crippen molar-refractivity contribution in [3.05, 3.63) is 0 Å². The van der Waals surface area contributed by atoms with Crippen molar-refractivity contribution >= 4 is 11.8 Å². The summed E-state index contributed by atoms with van der Waals surface area (Å²) in [6.07, 6.45) is 1.38. The average Bonchev–Trinajstić information content (AvgIpc) is 2.36. The van der Waals surface area contributed by atoms with Gasteiger partial charge in [0.1, 0.15) is 0 Å². The van der Waals surface area contributed by atoms with Gasteiger partial charge in [-0.25, -0.2) is 0 Å². The van der Waals surface area contributed by atoms with Crippen LogP contribution in [0.1, 0.15) is 33.1 Å². The molecule has 1 rings (SSSR count). The molecule has 0 aromatic rings. The van der Waals surface area contributed by atoms with Crippen LogP contribution in [0.15, 0.2) is 0 Å². The van der Waals surface area contributed by atoms with Crippen LogP contribution in [0.4, 0.5) is 0 Å². The molecular formula is C13H25N3O3. The highest BCUT2D eigenvalue weighted by molar-refractivity contribution is 5.79. The number of rotatable bonds is 6. The van der Waals surface area contributed by atoms with E-state index in [0.717, 1.165) is 0 Å². The Morgan fingerprint density at radius 3 is 2.47 bits per heavy atom. The number of carbonyl (C=O) groups is 2. The van der Waals surface area contributed by atoms with Gasteiger partial charge in [-0.2, -0.15) is 0 Å². The number of nitrogens with one attached hydrogen (secondary N) is 1. The lowest BCUT2D eigenvalue weighted by molar-refractivity contribution is -0.135. The zero-order valence-electron chi connectivity index (χ0n) is 11.9. The van der Waals surface area contributed by atoms with E-state index in [4.69, 9.17) is 10.5 Å². The minimum absolute atomic E-state index is 0.0479. The number of ether oxygens (including phenoxy) is 1. The number of hydrogen-bond donors (Lipinski definition) is 2. The van der Waals surface area contributed by atoms with E-state index >= 15 is 0 Å². The molecule has 3 N–H and O–H groups in total. The summed E-state index contributed by atoms with van der Waals surface area (Å²) in [7, 11) is 0. The first kappa shape index (κ1) is 15.9. The lowest BCUT2D eigenvalue weighted by Gasteiger charge is -2.26. The van der Waals surface area contributed by atoms with Gasteiger partial charge in [0.2, 0.25) is 11.8 Å². The van der Waals surface area contributed by atoms with Crippen LogP contribution in [0.5, 0.6) is 0 Å². The number of hydrogen-bond acceptors (Lipinski definition) is 4. The second kappa shape index (κ2) is 7.45. The number of nitrogens with two attached hydrogens (primary N) is 1. The molecule has 1 saturated heterocycles. The highest BCUT2D eigenvalue weighted by Crippen LogP contribution is 2.06. The molecule has 0 aromatic carbocycles. The molecule has 110 valence electrons. The van der Waals surface area contributed by atoms with Crippen LogP contribution in [-0.4, -0.2) is 55.1 Å². The van der Waals surface area contributed by atoms with E-state index in [-0.39, 0.29) is 17.4 Å². The van der Waals surface area contributed by atoms with E-state index < -0.39 is 0 Å². The number of amides is 2. The van der Waals surface area contributed by atoms with E-state index in [1.165, 1.54) is 0 Å². The van der Waals surface area contributed by atoms with Crippen molar-refractivity contribution in [3.63, 3.8) is 0 Å². The summed E-state index contributed by atoms with van der Waals surface area (Å²) < 4.78 is 5.18. The largest absolute Gasteiger partial charge is 0.378 e. The normalized spacial score (nSPS) is 16.3. The maximum absolute atomic E-state index is 11.8. The maximum Gasteiger partial charge on any atom is 0.224 e. The Balaban J connectivity index is 2.12. The van der Waals surface area contributed by atoms with Crippen LogP contribution in [0, 0.1) is 0 Å².